The average molecular weight is 1310 g/mol. The third kappa shape index (κ3) is 16.0. The number of ether oxygens (including phenoxy) is 4. The SMILES string of the molecule is CC(C)(O)Cc1cc2nc(-c3cccc4[nH]ncc34)nc(N3CCOCC3)c2s1.CC(C)(O)Cc1cc2nc(Cl)nc(N3CCOCC3)c2s1.CC1(C)CO1.CC1(C)OB(c2cccc3c2C=NC3)OC1(C)C.Clc1nc(N2CCOCC2)c2sccc2n1. The van der Waals surface area contributed by atoms with Crippen molar-refractivity contribution in [2.45, 2.75) is 117 Å². The second-order valence-electron chi connectivity index (χ2n) is 25.4. The lowest BCUT2D eigenvalue weighted by molar-refractivity contribution is 0.00578. The molecule has 15 rings (SSSR count). The van der Waals surface area contributed by atoms with Crippen LogP contribution in [0.4, 0.5) is 17.5 Å². The number of halogens is 2. The second kappa shape index (κ2) is 26.9. The number of benzene rings is 2. The van der Waals surface area contributed by atoms with E-state index in [-0.39, 0.29) is 29.2 Å². The summed E-state index contributed by atoms with van der Waals surface area (Å²) in [6, 6.07) is 18.3. The Morgan fingerprint density at radius 3 is 1.65 bits per heavy atom. The van der Waals surface area contributed by atoms with Gasteiger partial charge in [0.05, 0.1) is 123 Å². The molecular weight excluding hydrogens is 1230 g/mol. The highest BCUT2D eigenvalue weighted by atomic mass is 35.5. The molecule has 89 heavy (non-hydrogen) atoms. The van der Waals surface area contributed by atoms with Crippen LogP contribution < -0.4 is 20.2 Å². The van der Waals surface area contributed by atoms with Crippen molar-refractivity contribution in [3.05, 3.63) is 97.6 Å². The predicted octanol–water partition coefficient (Wildman–Crippen LogP) is 10.8. The van der Waals surface area contributed by atoms with E-state index in [1.165, 1.54) is 5.56 Å². The van der Waals surface area contributed by atoms with Crippen LogP contribution >= 0.6 is 57.2 Å². The summed E-state index contributed by atoms with van der Waals surface area (Å²) in [6.45, 7) is 30.7. The molecule has 472 valence electrons. The Balaban J connectivity index is 0.000000122. The van der Waals surface area contributed by atoms with E-state index < -0.39 is 11.2 Å². The lowest BCUT2D eigenvalue weighted by Gasteiger charge is -2.32. The van der Waals surface area contributed by atoms with Gasteiger partial charge in [-0.1, -0.05) is 30.3 Å². The Morgan fingerprint density at radius 2 is 1.12 bits per heavy atom. The van der Waals surface area contributed by atoms with Gasteiger partial charge in [0.15, 0.2) is 23.3 Å². The Bertz CT molecular complexity index is 3940. The second-order valence-corrected chi connectivity index (χ2v) is 29.3. The zero-order valence-corrected chi connectivity index (χ0v) is 56.0. The van der Waals surface area contributed by atoms with Crippen LogP contribution in [0.15, 0.2) is 71.2 Å². The van der Waals surface area contributed by atoms with E-state index in [4.69, 9.17) is 61.4 Å². The minimum absolute atomic E-state index is 0.250. The number of aliphatic imine (C=N–C) groups is 1. The number of epoxide rings is 1. The molecule has 5 fully saturated rings. The fourth-order valence-corrected chi connectivity index (χ4v) is 14.3. The molecule has 7 aromatic heterocycles. The summed E-state index contributed by atoms with van der Waals surface area (Å²) < 4.78 is 36.5. The minimum atomic E-state index is -0.765. The standard InChI is InChI=1S/C21H23N5O2S.C14H18BNO2.C14H18ClN3O2S.C10H10ClN3OS.C4H8O/c1-21(2,27)11-13-10-17-18(29-13)20(26-6-8-28-9-7-26)24-19(23-17)14-4-3-5-16-15(14)12-22-25-16;1-13(2)14(3,4)18-15(17-13)12-7-5-6-10-8-16-9-11(10)12;1-14(2,19)8-9-7-10-11(21-9)12(17-13(15)16-10)18-3-5-20-6-4-18;11-10-12-7-1-6-16-8(7)9(13-10)14-2-4-15-5-3-14;1-4(2)3-5-4/h3-5,10,12,27H,6-9,11H2,1-2H3,(H,22,25);5-7,9H,8H2,1-4H3;7,19H,3-6,8H2,1-2H3;1,6H,2-5H2;3H2,1-2H3. The molecule has 26 heteroatoms. The Hall–Kier alpha value is -5.58. The quantitative estimate of drug-likeness (QED) is 0.0693. The van der Waals surface area contributed by atoms with Gasteiger partial charge in [-0.15, -0.1) is 34.0 Å². The molecule has 0 unspecified atom stereocenters. The van der Waals surface area contributed by atoms with Crippen molar-refractivity contribution in [1.29, 1.82) is 0 Å². The predicted molar refractivity (Wildman–Crippen MR) is 360 cm³/mol. The van der Waals surface area contributed by atoms with Crippen LogP contribution in [0, 0.1) is 0 Å². The number of hydrogen-bond donors (Lipinski definition) is 3. The van der Waals surface area contributed by atoms with E-state index in [0.717, 1.165) is 151 Å². The van der Waals surface area contributed by atoms with Crippen molar-refractivity contribution in [2.75, 3.05) is 100 Å². The largest absolute Gasteiger partial charge is 0.495 e. The number of rotatable bonds is 9. The maximum absolute atomic E-state index is 10.3. The Kier molecular flexibility index (Phi) is 19.7. The number of aromatic nitrogens is 8. The molecule has 9 aromatic rings. The number of aliphatic hydroxyl groups is 2. The molecule has 6 aliphatic heterocycles. The van der Waals surface area contributed by atoms with Crippen LogP contribution in [-0.4, -0.2) is 177 Å². The monoisotopic (exact) mass is 1310 g/mol. The summed E-state index contributed by atoms with van der Waals surface area (Å²) >= 11 is 16.9. The lowest BCUT2D eigenvalue weighted by Crippen LogP contribution is -2.41. The van der Waals surface area contributed by atoms with Crippen LogP contribution in [0.5, 0.6) is 0 Å². The van der Waals surface area contributed by atoms with Crippen LogP contribution in [0.25, 0.3) is 52.9 Å². The Labute approximate surface area is 541 Å². The fraction of sp³-hybridized carbons (Fsp3) is 0.492. The van der Waals surface area contributed by atoms with E-state index in [9.17, 15) is 10.2 Å². The van der Waals surface area contributed by atoms with Gasteiger partial charge in [-0.05, 0) is 139 Å². The molecule has 6 aliphatic rings. The minimum Gasteiger partial charge on any atom is -0.399 e. The fourth-order valence-electron chi connectivity index (χ4n) is 10.5. The topological polar surface area (TPSA) is 227 Å². The summed E-state index contributed by atoms with van der Waals surface area (Å²) in [6.07, 6.45) is 4.92. The van der Waals surface area contributed by atoms with E-state index >= 15 is 0 Å². The summed E-state index contributed by atoms with van der Waals surface area (Å²) in [4.78, 5) is 40.3. The first kappa shape index (κ1) is 64.9. The highest BCUT2D eigenvalue weighted by Crippen LogP contribution is 2.40. The molecule has 0 bridgehead atoms. The van der Waals surface area contributed by atoms with Crippen LogP contribution in [0.3, 0.4) is 0 Å². The summed E-state index contributed by atoms with van der Waals surface area (Å²) in [5.74, 6) is 3.45. The van der Waals surface area contributed by atoms with E-state index in [2.05, 4.69) is 110 Å². The number of fused-ring (bicyclic) bond motifs is 5. The number of hydrogen-bond acceptors (Lipinski definition) is 22. The van der Waals surface area contributed by atoms with Gasteiger partial charge in [0.25, 0.3) is 0 Å². The number of H-pyrrole nitrogens is 1. The van der Waals surface area contributed by atoms with E-state index in [1.54, 1.807) is 47.9 Å². The molecule has 20 nitrogen and oxygen atoms in total. The lowest BCUT2D eigenvalue weighted by atomic mass is 9.75. The molecule has 0 amide bonds. The number of anilines is 3. The number of morpholine rings is 3. The highest BCUT2D eigenvalue weighted by molar-refractivity contribution is 7.20. The average Bonchev–Trinajstić information content (AvgIpc) is 1.82. The van der Waals surface area contributed by atoms with Gasteiger partial charge in [0.2, 0.25) is 10.6 Å². The van der Waals surface area contributed by atoms with Crippen molar-refractivity contribution < 1.29 is 38.5 Å². The first-order valence-corrected chi connectivity index (χ1v) is 33.3. The summed E-state index contributed by atoms with van der Waals surface area (Å²) in [5.41, 5.74) is 6.27. The molecule has 0 atom stereocenters. The van der Waals surface area contributed by atoms with Gasteiger partial charge >= 0.3 is 7.12 Å². The molecule has 0 radical (unpaired) electrons. The van der Waals surface area contributed by atoms with Gasteiger partial charge < -0.3 is 53.2 Å². The smallest absolute Gasteiger partial charge is 0.399 e. The third-order valence-electron chi connectivity index (χ3n) is 15.9. The Morgan fingerprint density at radius 1 is 0.629 bits per heavy atom. The third-order valence-corrected chi connectivity index (χ3v) is 19.3. The maximum atomic E-state index is 10.3. The van der Waals surface area contributed by atoms with Gasteiger partial charge in [-0.2, -0.15) is 15.1 Å². The number of nitrogens with zero attached hydrogens (tertiary/aromatic N) is 11. The van der Waals surface area contributed by atoms with Gasteiger partial charge in [-0.3, -0.25) is 10.1 Å². The van der Waals surface area contributed by atoms with Gasteiger partial charge in [-0.25, -0.2) is 19.9 Å². The number of aromatic amines is 1. The van der Waals surface area contributed by atoms with Crippen molar-refractivity contribution >= 4 is 135 Å². The first-order chi connectivity index (χ1) is 42.4. The highest BCUT2D eigenvalue weighted by Gasteiger charge is 2.52. The van der Waals surface area contributed by atoms with E-state index in [0.29, 0.717) is 50.4 Å². The molecular formula is C63H77BCl2N12O8S3. The molecule has 2 aromatic carbocycles. The van der Waals surface area contributed by atoms with E-state index in [1.807, 2.05) is 68.0 Å². The van der Waals surface area contributed by atoms with Crippen LogP contribution in [0.1, 0.15) is 90.1 Å². The van der Waals surface area contributed by atoms with Crippen molar-refractivity contribution in [3.63, 3.8) is 0 Å². The zero-order valence-electron chi connectivity index (χ0n) is 52.1. The first-order valence-electron chi connectivity index (χ1n) is 30.0. The van der Waals surface area contributed by atoms with Crippen molar-refractivity contribution in [1.82, 2.24) is 40.1 Å². The normalized spacial score (nSPS) is 18.4. The number of nitrogens with one attached hydrogen (secondary N) is 1. The maximum Gasteiger partial charge on any atom is 0.495 e. The summed E-state index contributed by atoms with van der Waals surface area (Å²) in [5, 5.41) is 31.0. The van der Waals surface area contributed by atoms with Gasteiger partial charge in [0, 0.05) is 79.0 Å². The van der Waals surface area contributed by atoms with Gasteiger partial charge in [0.1, 0.15) is 0 Å². The molecule has 3 N–H and O–H groups in total. The summed E-state index contributed by atoms with van der Waals surface area (Å²) in [7, 11) is -0.297. The molecule has 5 saturated heterocycles. The molecule has 0 aliphatic carbocycles. The van der Waals surface area contributed by atoms with Crippen LogP contribution in [0.2, 0.25) is 10.6 Å². The van der Waals surface area contributed by atoms with Crippen molar-refractivity contribution in [2.24, 2.45) is 4.99 Å². The zero-order chi connectivity index (χ0) is 62.9. The number of thiophene rings is 3. The van der Waals surface area contributed by atoms with Crippen molar-refractivity contribution in [3.8, 4) is 11.4 Å². The molecule has 0 spiro atoms. The molecule has 13 heterocycles. The van der Waals surface area contributed by atoms with Crippen LogP contribution in [-0.2, 0) is 47.6 Å². The molecule has 0 saturated carbocycles.